The number of imidazole rings is 1. The van der Waals surface area contributed by atoms with Crippen molar-refractivity contribution in [1.82, 2.24) is 19.3 Å². The van der Waals surface area contributed by atoms with Crippen LogP contribution >= 0.6 is 0 Å². The fourth-order valence-electron chi connectivity index (χ4n) is 1.80. The van der Waals surface area contributed by atoms with Gasteiger partial charge >= 0.3 is 0 Å². The Kier molecular flexibility index (Phi) is 2.57. The second-order valence-electron chi connectivity index (χ2n) is 3.92. The van der Waals surface area contributed by atoms with Crippen molar-refractivity contribution in [2.24, 2.45) is 7.05 Å². The van der Waals surface area contributed by atoms with Gasteiger partial charge in [0.2, 0.25) is 5.95 Å². The average Bonchev–Trinajstić information content (AvgIpc) is 3.01. The summed E-state index contributed by atoms with van der Waals surface area (Å²) in [5, 5.41) is 7.37. The number of rotatable bonds is 3. The third-order valence-electron chi connectivity index (χ3n) is 2.74. The molecule has 2 heterocycles. The summed E-state index contributed by atoms with van der Waals surface area (Å²) in [5.74, 6) is 1.67. The molecule has 1 N–H and O–H groups in total. The second-order valence-corrected chi connectivity index (χ2v) is 3.92. The van der Waals surface area contributed by atoms with Crippen molar-refractivity contribution in [1.29, 1.82) is 0 Å². The summed E-state index contributed by atoms with van der Waals surface area (Å²) in [7, 11) is 1.89. The SMILES string of the molecule is Cn1nccc1Nc1nccn1-c1ccccc1. The lowest BCUT2D eigenvalue weighted by atomic mass is 10.3. The normalized spacial score (nSPS) is 10.5. The highest BCUT2D eigenvalue weighted by Crippen LogP contribution is 2.17. The third-order valence-corrected chi connectivity index (χ3v) is 2.74. The van der Waals surface area contributed by atoms with Gasteiger partial charge in [0.05, 0.1) is 6.20 Å². The second kappa shape index (κ2) is 4.37. The number of anilines is 2. The average molecular weight is 239 g/mol. The van der Waals surface area contributed by atoms with E-state index in [1.54, 1.807) is 17.1 Å². The van der Waals surface area contributed by atoms with Crippen LogP contribution in [0.1, 0.15) is 0 Å². The fourth-order valence-corrected chi connectivity index (χ4v) is 1.80. The Hall–Kier alpha value is -2.56. The van der Waals surface area contributed by atoms with E-state index in [-0.39, 0.29) is 0 Å². The maximum atomic E-state index is 4.32. The van der Waals surface area contributed by atoms with E-state index in [1.807, 2.05) is 54.2 Å². The molecule has 0 aliphatic carbocycles. The number of para-hydroxylation sites is 1. The zero-order valence-electron chi connectivity index (χ0n) is 9.99. The van der Waals surface area contributed by atoms with Gasteiger partial charge in [0.1, 0.15) is 5.82 Å². The Morgan fingerprint density at radius 2 is 1.89 bits per heavy atom. The minimum atomic E-state index is 0.768. The molecular formula is C13H13N5. The first-order valence-electron chi connectivity index (χ1n) is 5.68. The van der Waals surface area contributed by atoms with Gasteiger partial charge in [-0.25, -0.2) is 4.98 Å². The standard InChI is InChI=1S/C13H13N5/c1-17-12(7-8-15-17)16-13-14-9-10-18(13)11-5-3-2-4-6-11/h2-10H,1H3,(H,14,16). The zero-order valence-corrected chi connectivity index (χ0v) is 9.99. The van der Waals surface area contributed by atoms with Gasteiger partial charge in [-0.3, -0.25) is 9.25 Å². The van der Waals surface area contributed by atoms with E-state index in [2.05, 4.69) is 15.4 Å². The quantitative estimate of drug-likeness (QED) is 0.763. The molecule has 0 atom stereocenters. The molecule has 0 aliphatic rings. The van der Waals surface area contributed by atoms with Crippen LogP contribution < -0.4 is 5.32 Å². The summed E-state index contributed by atoms with van der Waals surface area (Å²) in [6.07, 6.45) is 5.44. The molecule has 0 spiro atoms. The van der Waals surface area contributed by atoms with Crippen molar-refractivity contribution < 1.29 is 0 Å². The number of nitrogens with one attached hydrogen (secondary N) is 1. The van der Waals surface area contributed by atoms with Gasteiger partial charge in [0.25, 0.3) is 0 Å². The largest absolute Gasteiger partial charge is 0.310 e. The molecule has 5 nitrogen and oxygen atoms in total. The van der Waals surface area contributed by atoms with Crippen molar-refractivity contribution in [2.45, 2.75) is 0 Å². The number of aromatic nitrogens is 4. The van der Waals surface area contributed by atoms with Crippen LogP contribution in [0.2, 0.25) is 0 Å². The molecule has 0 saturated carbocycles. The van der Waals surface area contributed by atoms with Crippen LogP contribution in [0.4, 0.5) is 11.8 Å². The van der Waals surface area contributed by atoms with Crippen molar-refractivity contribution in [3.8, 4) is 5.69 Å². The molecule has 0 aliphatic heterocycles. The lowest BCUT2D eigenvalue weighted by Crippen LogP contribution is -2.04. The fraction of sp³-hybridized carbons (Fsp3) is 0.0769. The molecule has 18 heavy (non-hydrogen) atoms. The highest BCUT2D eigenvalue weighted by atomic mass is 15.3. The van der Waals surface area contributed by atoms with Gasteiger partial charge in [0.15, 0.2) is 0 Å². The van der Waals surface area contributed by atoms with E-state index in [0.29, 0.717) is 0 Å². The van der Waals surface area contributed by atoms with Crippen LogP contribution in [0.25, 0.3) is 5.69 Å². The predicted molar refractivity (Wildman–Crippen MR) is 70.1 cm³/mol. The van der Waals surface area contributed by atoms with E-state index in [9.17, 15) is 0 Å². The monoisotopic (exact) mass is 239 g/mol. The Bertz CT molecular complexity index is 638. The molecule has 0 saturated heterocycles. The van der Waals surface area contributed by atoms with Crippen LogP contribution in [0.3, 0.4) is 0 Å². The molecule has 0 unspecified atom stereocenters. The Labute approximate surface area is 105 Å². The molecule has 3 rings (SSSR count). The zero-order chi connectivity index (χ0) is 12.4. The highest BCUT2D eigenvalue weighted by Gasteiger charge is 2.06. The lowest BCUT2D eigenvalue weighted by molar-refractivity contribution is 0.774. The first-order chi connectivity index (χ1) is 8.84. The van der Waals surface area contributed by atoms with E-state index in [1.165, 1.54) is 0 Å². The van der Waals surface area contributed by atoms with Crippen molar-refractivity contribution in [3.05, 3.63) is 55.0 Å². The summed E-state index contributed by atoms with van der Waals surface area (Å²) in [5.41, 5.74) is 1.07. The molecule has 0 radical (unpaired) electrons. The first-order valence-corrected chi connectivity index (χ1v) is 5.68. The van der Waals surface area contributed by atoms with Gasteiger partial charge in [0, 0.05) is 31.2 Å². The molecule has 5 heteroatoms. The maximum absolute atomic E-state index is 4.32. The summed E-state index contributed by atoms with van der Waals surface area (Å²) < 4.78 is 3.76. The summed E-state index contributed by atoms with van der Waals surface area (Å²) in [6, 6.07) is 12.0. The van der Waals surface area contributed by atoms with Gasteiger partial charge in [-0.1, -0.05) is 18.2 Å². The van der Waals surface area contributed by atoms with Crippen molar-refractivity contribution >= 4 is 11.8 Å². The molecule has 2 aromatic heterocycles. The number of benzene rings is 1. The smallest absolute Gasteiger partial charge is 0.213 e. The topological polar surface area (TPSA) is 47.7 Å². The molecule has 90 valence electrons. The van der Waals surface area contributed by atoms with E-state index < -0.39 is 0 Å². The van der Waals surface area contributed by atoms with E-state index in [4.69, 9.17) is 0 Å². The van der Waals surface area contributed by atoms with Gasteiger partial charge in [-0.15, -0.1) is 0 Å². The minimum Gasteiger partial charge on any atom is -0.310 e. The van der Waals surface area contributed by atoms with E-state index in [0.717, 1.165) is 17.5 Å². The number of nitrogens with zero attached hydrogens (tertiary/aromatic N) is 4. The van der Waals surface area contributed by atoms with Crippen LogP contribution in [-0.4, -0.2) is 19.3 Å². The predicted octanol–water partition coefficient (Wildman–Crippen LogP) is 2.35. The molecule has 0 fully saturated rings. The maximum Gasteiger partial charge on any atom is 0.213 e. The molecular weight excluding hydrogens is 226 g/mol. The van der Waals surface area contributed by atoms with Crippen LogP contribution in [0.5, 0.6) is 0 Å². The van der Waals surface area contributed by atoms with Crippen LogP contribution in [0, 0.1) is 0 Å². The summed E-state index contributed by atoms with van der Waals surface area (Å²) in [4.78, 5) is 4.32. The molecule has 3 aromatic rings. The van der Waals surface area contributed by atoms with Gasteiger partial charge in [-0.2, -0.15) is 5.10 Å². The highest BCUT2D eigenvalue weighted by molar-refractivity contribution is 5.51. The minimum absolute atomic E-state index is 0.768. The lowest BCUT2D eigenvalue weighted by Gasteiger charge is -2.09. The van der Waals surface area contributed by atoms with Crippen LogP contribution in [-0.2, 0) is 7.05 Å². The van der Waals surface area contributed by atoms with Crippen molar-refractivity contribution in [3.63, 3.8) is 0 Å². The summed E-state index contributed by atoms with van der Waals surface area (Å²) >= 11 is 0. The van der Waals surface area contributed by atoms with Crippen molar-refractivity contribution in [2.75, 3.05) is 5.32 Å². The third kappa shape index (κ3) is 1.86. The Balaban J connectivity index is 1.95. The number of hydrogen-bond acceptors (Lipinski definition) is 3. The van der Waals surface area contributed by atoms with Gasteiger partial charge in [-0.05, 0) is 12.1 Å². The first kappa shape index (κ1) is 10.6. The van der Waals surface area contributed by atoms with Gasteiger partial charge < -0.3 is 5.32 Å². The molecule has 1 aromatic carbocycles. The number of hydrogen-bond donors (Lipinski definition) is 1. The van der Waals surface area contributed by atoms with E-state index >= 15 is 0 Å². The summed E-state index contributed by atoms with van der Waals surface area (Å²) in [6.45, 7) is 0. The Morgan fingerprint density at radius 1 is 1.06 bits per heavy atom. The van der Waals surface area contributed by atoms with Crippen LogP contribution in [0.15, 0.2) is 55.0 Å². The molecule has 0 bridgehead atoms. The molecule has 0 amide bonds. The Morgan fingerprint density at radius 3 is 2.61 bits per heavy atom. The number of aryl methyl sites for hydroxylation is 1.